The van der Waals surface area contributed by atoms with E-state index in [1.807, 2.05) is 0 Å². The van der Waals surface area contributed by atoms with Gasteiger partial charge < -0.3 is 5.73 Å². The van der Waals surface area contributed by atoms with Gasteiger partial charge in [-0.1, -0.05) is 30.3 Å². The molecule has 0 saturated carbocycles. The SMILES string of the molecule is CC(C)N1CCN(C(CN)Cc2ccccc2)CC1. The molecule has 0 amide bonds. The first-order valence-corrected chi connectivity index (χ1v) is 7.42. The Morgan fingerprint density at radius 3 is 2.11 bits per heavy atom. The van der Waals surface area contributed by atoms with E-state index < -0.39 is 0 Å². The van der Waals surface area contributed by atoms with Crippen LogP contribution in [0.4, 0.5) is 0 Å². The Labute approximate surface area is 117 Å². The van der Waals surface area contributed by atoms with E-state index in [2.05, 4.69) is 54.0 Å². The van der Waals surface area contributed by atoms with Gasteiger partial charge in [0.25, 0.3) is 0 Å². The van der Waals surface area contributed by atoms with Gasteiger partial charge in [-0.25, -0.2) is 0 Å². The van der Waals surface area contributed by atoms with Crippen molar-refractivity contribution in [2.75, 3.05) is 32.7 Å². The topological polar surface area (TPSA) is 32.5 Å². The van der Waals surface area contributed by atoms with Crippen molar-refractivity contribution in [3.63, 3.8) is 0 Å². The lowest BCUT2D eigenvalue weighted by atomic mass is 10.0. The van der Waals surface area contributed by atoms with E-state index in [9.17, 15) is 0 Å². The Kier molecular flexibility index (Phi) is 5.37. The molecular formula is C16H27N3. The van der Waals surface area contributed by atoms with Gasteiger partial charge in [0.1, 0.15) is 0 Å². The Bertz CT molecular complexity index is 356. The fourth-order valence-electron chi connectivity index (χ4n) is 2.87. The molecule has 1 unspecified atom stereocenters. The Balaban J connectivity index is 1.89. The van der Waals surface area contributed by atoms with Crippen molar-refractivity contribution >= 4 is 0 Å². The van der Waals surface area contributed by atoms with Gasteiger partial charge in [-0.2, -0.15) is 0 Å². The van der Waals surface area contributed by atoms with Crippen LogP contribution in [-0.4, -0.2) is 54.6 Å². The molecule has 0 aliphatic carbocycles. The lowest BCUT2D eigenvalue weighted by Crippen LogP contribution is -2.54. The minimum Gasteiger partial charge on any atom is -0.329 e. The van der Waals surface area contributed by atoms with Crippen molar-refractivity contribution in [2.24, 2.45) is 5.73 Å². The quantitative estimate of drug-likeness (QED) is 0.873. The molecule has 0 aromatic heterocycles. The first kappa shape index (κ1) is 14.5. The summed E-state index contributed by atoms with van der Waals surface area (Å²) in [4.78, 5) is 5.11. The van der Waals surface area contributed by atoms with Crippen LogP contribution < -0.4 is 5.73 Å². The molecule has 1 fully saturated rings. The van der Waals surface area contributed by atoms with E-state index in [1.165, 1.54) is 18.7 Å². The molecule has 3 nitrogen and oxygen atoms in total. The maximum Gasteiger partial charge on any atom is 0.0259 e. The van der Waals surface area contributed by atoms with Gasteiger partial charge in [-0.05, 0) is 25.8 Å². The normalized spacial score (nSPS) is 19.8. The maximum atomic E-state index is 5.99. The van der Waals surface area contributed by atoms with Crippen molar-refractivity contribution in [3.8, 4) is 0 Å². The van der Waals surface area contributed by atoms with Crippen molar-refractivity contribution in [1.82, 2.24) is 9.80 Å². The monoisotopic (exact) mass is 261 g/mol. The fraction of sp³-hybridized carbons (Fsp3) is 0.625. The molecule has 1 atom stereocenters. The second-order valence-electron chi connectivity index (χ2n) is 5.74. The van der Waals surface area contributed by atoms with Gasteiger partial charge >= 0.3 is 0 Å². The molecule has 0 spiro atoms. The van der Waals surface area contributed by atoms with Gasteiger partial charge in [0.05, 0.1) is 0 Å². The van der Waals surface area contributed by atoms with Crippen LogP contribution in [0.2, 0.25) is 0 Å². The average molecular weight is 261 g/mol. The van der Waals surface area contributed by atoms with E-state index in [4.69, 9.17) is 5.73 Å². The van der Waals surface area contributed by atoms with Gasteiger partial charge in [0, 0.05) is 44.8 Å². The summed E-state index contributed by atoms with van der Waals surface area (Å²) in [6.45, 7) is 9.93. The zero-order valence-corrected chi connectivity index (χ0v) is 12.3. The van der Waals surface area contributed by atoms with E-state index >= 15 is 0 Å². The molecule has 0 radical (unpaired) electrons. The van der Waals surface area contributed by atoms with Gasteiger partial charge in [0.15, 0.2) is 0 Å². The van der Waals surface area contributed by atoms with Crippen LogP contribution in [-0.2, 0) is 6.42 Å². The highest BCUT2D eigenvalue weighted by Gasteiger charge is 2.23. The Morgan fingerprint density at radius 2 is 1.58 bits per heavy atom. The molecule has 1 aliphatic rings. The summed E-state index contributed by atoms with van der Waals surface area (Å²) in [6, 6.07) is 11.8. The van der Waals surface area contributed by atoms with Crippen LogP contribution in [0.5, 0.6) is 0 Å². The predicted octanol–water partition coefficient (Wildman–Crippen LogP) is 1.58. The highest BCUT2D eigenvalue weighted by atomic mass is 15.3. The van der Waals surface area contributed by atoms with Crippen LogP contribution in [0, 0.1) is 0 Å². The highest BCUT2D eigenvalue weighted by molar-refractivity contribution is 5.16. The van der Waals surface area contributed by atoms with Crippen LogP contribution in [0.25, 0.3) is 0 Å². The molecule has 1 aromatic rings. The third-order valence-corrected chi connectivity index (χ3v) is 4.18. The zero-order valence-electron chi connectivity index (χ0n) is 12.3. The predicted molar refractivity (Wildman–Crippen MR) is 81.3 cm³/mol. The van der Waals surface area contributed by atoms with E-state index in [1.54, 1.807) is 0 Å². The number of nitrogens with two attached hydrogens (primary N) is 1. The molecule has 1 aliphatic heterocycles. The van der Waals surface area contributed by atoms with Crippen molar-refractivity contribution in [2.45, 2.75) is 32.4 Å². The van der Waals surface area contributed by atoms with Gasteiger partial charge in [-0.3, -0.25) is 9.80 Å². The molecule has 1 aromatic carbocycles. The summed E-state index contributed by atoms with van der Waals surface area (Å²) in [5.74, 6) is 0. The van der Waals surface area contributed by atoms with E-state index in [-0.39, 0.29) is 0 Å². The third kappa shape index (κ3) is 4.03. The molecule has 0 bridgehead atoms. The van der Waals surface area contributed by atoms with E-state index in [0.29, 0.717) is 12.1 Å². The number of benzene rings is 1. The lowest BCUT2D eigenvalue weighted by molar-refractivity contribution is 0.0803. The largest absolute Gasteiger partial charge is 0.329 e. The van der Waals surface area contributed by atoms with Crippen LogP contribution >= 0.6 is 0 Å². The summed E-state index contributed by atoms with van der Waals surface area (Å²) in [6.07, 6.45) is 1.07. The van der Waals surface area contributed by atoms with Crippen molar-refractivity contribution < 1.29 is 0 Å². The number of hydrogen-bond donors (Lipinski definition) is 1. The van der Waals surface area contributed by atoms with Crippen molar-refractivity contribution in [1.29, 1.82) is 0 Å². The summed E-state index contributed by atoms with van der Waals surface area (Å²) >= 11 is 0. The molecule has 2 N–H and O–H groups in total. The van der Waals surface area contributed by atoms with Crippen molar-refractivity contribution in [3.05, 3.63) is 35.9 Å². The van der Waals surface area contributed by atoms with E-state index in [0.717, 1.165) is 26.1 Å². The first-order chi connectivity index (χ1) is 9.20. The summed E-state index contributed by atoms with van der Waals surface area (Å²) in [5, 5.41) is 0. The second-order valence-corrected chi connectivity index (χ2v) is 5.74. The zero-order chi connectivity index (χ0) is 13.7. The summed E-state index contributed by atoms with van der Waals surface area (Å²) < 4.78 is 0. The molecule has 1 saturated heterocycles. The van der Waals surface area contributed by atoms with Gasteiger partial charge in [-0.15, -0.1) is 0 Å². The second kappa shape index (κ2) is 7.04. The smallest absolute Gasteiger partial charge is 0.0259 e. The summed E-state index contributed by atoms with van der Waals surface area (Å²) in [5.41, 5.74) is 7.38. The number of rotatable bonds is 5. The van der Waals surface area contributed by atoms with Crippen LogP contribution in [0.15, 0.2) is 30.3 Å². The van der Waals surface area contributed by atoms with Crippen LogP contribution in [0.1, 0.15) is 19.4 Å². The molecule has 3 heteroatoms. The molecule has 106 valence electrons. The molecule has 1 heterocycles. The third-order valence-electron chi connectivity index (χ3n) is 4.18. The molecule has 2 rings (SSSR count). The minimum absolute atomic E-state index is 0.483. The molecule has 19 heavy (non-hydrogen) atoms. The average Bonchev–Trinajstić information content (AvgIpc) is 2.46. The number of piperazine rings is 1. The fourth-order valence-corrected chi connectivity index (χ4v) is 2.87. The number of hydrogen-bond acceptors (Lipinski definition) is 3. The molecular weight excluding hydrogens is 234 g/mol. The number of nitrogens with zero attached hydrogens (tertiary/aromatic N) is 2. The Hall–Kier alpha value is -0.900. The van der Waals surface area contributed by atoms with Crippen LogP contribution in [0.3, 0.4) is 0 Å². The maximum absolute atomic E-state index is 5.99. The van der Waals surface area contributed by atoms with Gasteiger partial charge in [0.2, 0.25) is 0 Å². The lowest BCUT2D eigenvalue weighted by Gasteiger charge is -2.40. The minimum atomic E-state index is 0.483. The Morgan fingerprint density at radius 1 is 1.00 bits per heavy atom. The standard InChI is InChI=1S/C16H27N3/c1-14(2)18-8-10-19(11-9-18)16(13-17)12-15-6-4-3-5-7-15/h3-7,14,16H,8-13,17H2,1-2H3. The highest BCUT2D eigenvalue weighted by Crippen LogP contribution is 2.12. The summed E-state index contributed by atoms with van der Waals surface area (Å²) in [7, 11) is 0. The first-order valence-electron chi connectivity index (χ1n) is 7.42.